The molecular formula is C27H43N3O3Si. The van der Waals surface area contributed by atoms with Gasteiger partial charge in [-0.15, -0.1) is 0 Å². The van der Waals surface area contributed by atoms with E-state index >= 15 is 0 Å². The quantitative estimate of drug-likeness (QED) is 0.438. The average molecular weight is 486 g/mol. The van der Waals surface area contributed by atoms with Crippen molar-refractivity contribution >= 4 is 36.1 Å². The number of H-pyrrole nitrogens is 1. The highest BCUT2D eigenvalue weighted by atomic mass is 28.3. The summed E-state index contributed by atoms with van der Waals surface area (Å²) in [6, 6.07) is 9.69. The van der Waals surface area contributed by atoms with E-state index in [4.69, 9.17) is 24.2 Å². The summed E-state index contributed by atoms with van der Waals surface area (Å²) in [5.74, 6) is 2.63. The standard InChI is InChI=1S/C27H43N3O3Si/c1-9-32-25-23(28-26(33-10-2)24(30-25)18(6)7)17-21-20-15-14-19(31-8)16-22(20)29-27(21)34(11-3,12-4)13-5/h14-16,18,23-24,29H,9-13,17H2,1-8H3/t23-,24+/m0/s1. The summed E-state index contributed by atoms with van der Waals surface area (Å²) in [5, 5.41) is 2.69. The number of benzene rings is 1. The van der Waals surface area contributed by atoms with Crippen LogP contribution in [0.4, 0.5) is 0 Å². The van der Waals surface area contributed by atoms with Gasteiger partial charge >= 0.3 is 0 Å². The van der Waals surface area contributed by atoms with Crippen LogP contribution in [0.5, 0.6) is 5.75 Å². The summed E-state index contributed by atoms with van der Waals surface area (Å²) in [6.07, 6.45) is 0.747. The van der Waals surface area contributed by atoms with Crippen molar-refractivity contribution < 1.29 is 14.2 Å². The molecule has 0 saturated heterocycles. The molecule has 0 amide bonds. The molecule has 0 fully saturated rings. The van der Waals surface area contributed by atoms with Crippen LogP contribution < -0.4 is 10.1 Å². The number of nitrogens with zero attached hydrogens (tertiary/aromatic N) is 2. The second-order valence-electron chi connectivity index (χ2n) is 9.44. The molecule has 2 atom stereocenters. The van der Waals surface area contributed by atoms with Crippen LogP contribution in [0.3, 0.4) is 0 Å². The fraction of sp³-hybridized carbons (Fsp3) is 0.630. The average Bonchev–Trinajstić information content (AvgIpc) is 3.20. The Labute approximate surface area is 206 Å². The maximum atomic E-state index is 6.07. The molecule has 6 nitrogen and oxygen atoms in total. The van der Waals surface area contributed by atoms with E-state index in [0.29, 0.717) is 13.2 Å². The largest absolute Gasteiger partial charge is 0.497 e. The van der Waals surface area contributed by atoms with E-state index in [-0.39, 0.29) is 18.0 Å². The molecule has 0 radical (unpaired) electrons. The lowest BCUT2D eigenvalue weighted by Gasteiger charge is -2.31. The Hall–Kier alpha value is -2.28. The Morgan fingerprint density at radius 1 is 0.941 bits per heavy atom. The van der Waals surface area contributed by atoms with Crippen molar-refractivity contribution in [3.8, 4) is 5.75 Å². The molecule has 1 aliphatic rings. The highest BCUT2D eigenvalue weighted by Gasteiger charge is 2.37. The number of aromatic nitrogens is 1. The van der Waals surface area contributed by atoms with Gasteiger partial charge in [0.2, 0.25) is 11.8 Å². The molecule has 1 aliphatic heterocycles. The molecule has 0 spiro atoms. The Morgan fingerprint density at radius 2 is 1.59 bits per heavy atom. The number of aromatic amines is 1. The molecule has 2 aromatic rings. The molecular weight excluding hydrogens is 442 g/mol. The Balaban J connectivity index is 2.16. The maximum absolute atomic E-state index is 6.07. The van der Waals surface area contributed by atoms with Crippen LogP contribution in [0, 0.1) is 5.92 Å². The number of hydrogen-bond donors (Lipinski definition) is 1. The summed E-state index contributed by atoms with van der Waals surface area (Å²) in [5.41, 5.74) is 2.49. The molecule has 1 N–H and O–H groups in total. The molecule has 0 aliphatic carbocycles. The van der Waals surface area contributed by atoms with Gasteiger partial charge in [0.15, 0.2) is 0 Å². The fourth-order valence-corrected chi connectivity index (χ4v) is 9.02. The minimum atomic E-state index is -1.69. The molecule has 188 valence electrons. The second kappa shape index (κ2) is 11.4. The van der Waals surface area contributed by atoms with E-state index < -0.39 is 8.07 Å². The molecule has 2 heterocycles. The summed E-state index contributed by atoms with van der Waals surface area (Å²) in [4.78, 5) is 14.0. The van der Waals surface area contributed by atoms with Gasteiger partial charge in [0.05, 0.1) is 20.3 Å². The predicted octanol–water partition coefficient (Wildman–Crippen LogP) is 5.71. The van der Waals surface area contributed by atoms with Crippen LogP contribution in [0.2, 0.25) is 18.1 Å². The molecule has 0 unspecified atom stereocenters. The lowest BCUT2D eigenvalue weighted by Crippen LogP contribution is -2.49. The van der Waals surface area contributed by atoms with Crippen molar-refractivity contribution in [2.24, 2.45) is 15.9 Å². The first-order valence-corrected chi connectivity index (χ1v) is 15.6. The van der Waals surface area contributed by atoms with Crippen molar-refractivity contribution in [3.05, 3.63) is 23.8 Å². The lowest BCUT2D eigenvalue weighted by molar-refractivity contribution is 0.276. The molecule has 7 heteroatoms. The first-order chi connectivity index (χ1) is 16.4. The van der Waals surface area contributed by atoms with Gasteiger partial charge in [-0.3, -0.25) is 0 Å². The predicted molar refractivity (Wildman–Crippen MR) is 146 cm³/mol. The highest BCUT2D eigenvalue weighted by Crippen LogP contribution is 2.30. The zero-order chi connectivity index (χ0) is 24.9. The third-order valence-corrected chi connectivity index (χ3v) is 12.9. The fourth-order valence-electron chi connectivity index (χ4n) is 5.18. The monoisotopic (exact) mass is 485 g/mol. The number of fused-ring (bicyclic) bond motifs is 1. The van der Waals surface area contributed by atoms with Crippen LogP contribution in [0.1, 0.15) is 54.0 Å². The summed E-state index contributed by atoms with van der Waals surface area (Å²) in [7, 11) is 0.0252. The number of methoxy groups -OCH3 is 1. The van der Waals surface area contributed by atoms with Crippen molar-refractivity contribution in [2.45, 2.75) is 85.1 Å². The zero-order valence-electron chi connectivity index (χ0n) is 22.3. The smallest absolute Gasteiger partial charge is 0.210 e. The Bertz CT molecular complexity index is 1020. The lowest BCUT2D eigenvalue weighted by atomic mass is 10.00. The first-order valence-electron chi connectivity index (χ1n) is 13.0. The van der Waals surface area contributed by atoms with Gasteiger partial charge in [0.1, 0.15) is 25.9 Å². The number of nitrogens with one attached hydrogen (secondary N) is 1. The van der Waals surface area contributed by atoms with E-state index in [2.05, 4.69) is 57.8 Å². The van der Waals surface area contributed by atoms with E-state index in [1.54, 1.807) is 7.11 Å². The third-order valence-electron chi connectivity index (χ3n) is 7.37. The Morgan fingerprint density at radius 3 is 2.15 bits per heavy atom. The van der Waals surface area contributed by atoms with Gasteiger partial charge in [-0.05, 0) is 37.5 Å². The van der Waals surface area contributed by atoms with Crippen LogP contribution in [-0.2, 0) is 15.9 Å². The van der Waals surface area contributed by atoms with Gasteiger partial charge in [-0.2, -0.15) is 0 Å². The molecule has 1 aromatic carbocycles. The molecule has 3 rings (SSSR count). The van der Waals surface area contributed by atoms with Crippen molar-refractivity contribution in [1.82, 2.24) is 4.98 Å². The SMILES string of the molecule is CCOC1=N[C@H](C(C)C)C(OCC)=N[C@H]1Cc1c([Si](CC)(CC)CC)[nH]c2cc(OC)ccc12. The molecule has 34 heavy (non-hydrogen) atoms. The molecule has 0 bridgehead atoms. The minimum absolute atomic E-state index is 0.0974. The minimum Gasteiger partial charge on any atom is -0.497 e. The number of aliphatic imine (C=N–C) groups is 2. The summed E-state index contributed by atoms with van der Waals surface area (Å²) in [6.45, 7) is 16.5. The number of rotatable bonds is 10. The number of ether oxygens (including phenoxy) is 3. The third kappa shape index (κ3) is 5.04. The van der Waals surface area contributed by atoms with Crippen molar-refractivity contribution in [2.75, 3.05) is 20.3 Å². The topological polar surface area (TPSA) is 68.2 Å². The van der Waals surface area contributed by atoms with Crippen LogP contribution in [0.25, 0.3) is 10.9 Å². The van der Waals surface area contributed by atoms with Gasteiger partial charge in [-0.25, -0.2) is 9.98 Å². The van der Waals surface area contributed by atoms with E-state index in [1.807, 2.05) is 13.8 Å². The second-order valence-corrected chi connectivity index (χ2v) is 14.6. The van der Waals surface area contributed by atoms with Crippen LogP contribution in [-0.4, -0.2) is 57.3 Å². The van der Waals surface area contributed by atoms with Gasteiger partial charge < -0.3 is 19.2 Å². The van der Waals surface area contributed by atoms with Gasteiger partial charge in [-0.1, -0.05) is 52.8 Å². The van der Waals surface area contributed by atoms with Crippen LogP contribution >= 0.6 is 0 Å². The number of hydrogen-bond acceptors (Lipinski definition) is 5. The molecule has 1 aromatic heterocycles. The Kier molecular flexibility index (Phi) is 8.85. The van der Waals surface area contributed by atoms with Crippen LogP contribution in [0.15, 0.2) is 28.2 Å². The van der Waals surface area contributed by atoms with Crippen molar-refractivity contribution in [1.29, 1.82) is 0 Å². The van der Waals surface area contributed by atoms with Crippen molar-refractivity contribution in [3.63, 3.8) is 0 Å². The van der Waals surface area contributed by atoms with E-state index in [0.717, 1.165) is 29.5 Å². The normalized spacial score (nSPS) is 18.7. The highest BCUT2D eigenvalue weighted by molar-refractivity contribution is 6.91. The first kappa shape index (κ1) is 26.3. The van der Waals surface area contributed by atoms with E-state index in [9.17, 15) is 0 Å². The zero-order valence-corrected chi connectivity index (χ0v) is 23.3. The molecule has 0 saturated carbocycles. The summed E-state index contributed by atoms with van der Waals surface area (Å²) < 4.78 is 17.6. The summed E-state index contributed by atoms with van der Waals surface area (Å²) >= 11 is 0. The maximum Gasteiger partial charge on any atom is 0.210 e. The van der Waals surface area contributed by atoms with Gasteiger partial charge in [0.25, 0.3) is 0 Å². The van der Waals surface area contributed by atoms with E-state index in [1.165, 1.54) is 34.4 Å². The van der Waals surface area contributed by atoms with Gasteiger partial charge in [0, 0.05) is 28.7 Å².